The van der Waals surface area contributed by atoms with Crippen LogP contribution in [-0.4, -0.2) is 16.9 Å². The Morgan fingerprint density at radius 1 is 1.53 bits per heavy atom. The van der Waals surface area contributed by atoms with Gasteiger partial charge >= 0.3 is 0 Å². The second-order valence-corrected chi connectivity index (χ2v) is 6.08. The normalized spacial score (nSPS) is 12.9. The lowest BCUT2D eigenvalue weighted by Gasteiger charge is -2.15. The predicted octanol–water partition coefficient (Wildman–Crippen LogP) is 3.26. The Morgan fingerprint density at radius 3 is 2.95 bits per heavy atom. The number of hydrogen-bond donors (Lipinski definition) is 2. The summed E-state index contributed by atoms with van der Waals surface area (Å²) < 4.78 is 0.993. The minimum absolute atomic E-state index is 0.136. The van der Waals surface area contributed by atoms with E-state index < -0.39 is 0 Å². The van der Waals surface area contributed by atoms with E-state index in [9.17, 15) is 4.79 Å². The second kappa shape index (κ2) is 5.86. The van der Waals surface area contributed by atoms with Crippen LogP contribution in [0.1, 0.15) is 20.3 Å². The molecule has 0 bridgehead atoms. The van der Waals surface area contributed by atoms with Gasteiger partial charge in [-0.25, -0.2) is 4.98 Å². The highest BCUT2D eigenvalue weighted by molar-refractivity contribution is 7.16. The van der Waals surface area contributed by atoms with Gasteiger partial charge in [0, 0.05) is 12.5 Å². The number of aromatic nitrogens is 1. The third kappa shape index (κ3) is 3.23. The van der Waals surface area contributed by atoms with Crippen LogP contribution in [0.15, 0.2) is 17.6 Å². The van der Waals surface area contributed by atoms with Crippen LogP contribution in [0.5, 0.6) is 0 Å². The predicted molar refractivity (Wildman–Crippen MR) is 80.7 cm³/mol. The van der Waals surface area contributed by atoms with Crippen molar-refractivity contribution in [2.45, 2.75) is 26.3 Å². The molecule has 6 heteroatoms. The number of anilines is 1. The number of nitrogens with one attached hydrogen (secondary N) is 1. The molecule has 19 heavy (non-hydrogen) atoms. The number of thiazole rings is 1. The molecule has 0 saturated heterocycles. The van der Waals surface area contributed by atoms with E-state index >= 15 is 0 Å². The smallest absolute Gasteiger partial charge is 0.226 e. The van der Waals surface area contributed by atoms with E-state index in [0.29, 0.717) is 10.7 Å². The van der Waals surface area contributed by atoms with Crippen LogP contribution < -0.4 is 11.1 Å². The third-order valence-electron chi connectivity index (χ3n) is 2.99. The molecule has 1 heterocycles. The Balaban J connectivity index is 2.19. The minimum Gasteiger partial charge on any atom is -0.327 e. The highest BCUT2D eigenvalue weighted by Crippen LogP contribution is 2.32. The van der Waals surface area contributed by atoms with Gasteiger partial charge in [0.05, 0.1) is 20.9 Å². The maximum atomic E-state index is 12.0. The molecular formula is C13H16ClN3OS. The van der Waals surface area contributed by atoms with E-state index in [1.54, 1.807) is 11.6 Å². The first-order valence-corrected chi connectivity index (χ1v) is 7.32. The van der Waals surface area contributed by atoms with Gasteiger partial charge in [-0.3, -0.25) is 4.79 Å². The van der Waals surface area contributed by atoms with Crippen molar-refractivity contribution < 1.29 is 4.79 Å². The highest BCUT2D eigenvalue weighted by Gasteiger charge is 2.16. The van der Waals surface area contributed by atoms with Crippen molar-refractivity contribution in [2.75, 3.05) is 5.32 Å². The molecule has 0 spiro atoms. The Kier molecular flexibility index (Phi) is 4.39. The molecule has 1 aromatic carbocycles. The van der Waals surface area contributed by atoms with Crippen molar-refractivity contribution in [3.8, 4) is 0 Å². The van der Waals surface area contributed by atoms with E-state index in [4.69, 9.17) is 17.3 Å². The minimum atomic E-state index is -0.159. The van der Waals surface area contributed by atoms with Crippen molar-refractivity contribution in [1.82, 2.24) is 4.98 Å². The van der Waals surface area contributed by atoms with Crippen LogP contribution in [0.4, 0.5) is 5.69 Å². The summed E-state index contributed by atoms with van der Waals surface area (Å²) in [6.45, 7) is 3.98. The fourth-order valence-electron chi connectivity index (χ4n) is 1.67. The monoisotopic (exact) mass is 297 g/mol. The van der Waals surface area contributed by atoms with Gasteiger partial charge in [0.2, 0.25) is 5.91 Å². The SMILES string of the molecule is CC(C)C(N)CC(=O)Nc1c(Cl)ccc2scnc12. The first-order chi connectivity index (χ1) is 8.99. The molecule has 1 amide bonds. The average molecular weight is 298 g/mol. The molecule has 0 aliphatic rings. The van der Waals surface area contributed by atoms with Crippen molar-refractivity contribution in [3.05, 3.63) is 22.7 Å². The van der Waals surface area contributed by atoms with Gasteiger partial charge in [-0.2, -0.15) is 0 Å². The number of carbonyl (C=O) groups excluding carboxylic acids is 1. The molecule has 3 N–H and O–H groups in total. The fraction of sp³-hybridized carbons (Fsp3) is 0.385. The summed E-state index contributed by atoms with van der Waals surface area (Å²) in [5.74, 6) is 0.125. The molecule has 4 nitrogen and oxygen atoms in total. The highest BCUT2D eigenvalue weighted by atomic mass is 35.5. The third-order valence-corrected chi connectivity index (χ3v) is 4.10. The van der Waals surface area contributed by atoms with Crippen LogP contribution in [-0.2, 0) is 4.79 Å². The van der Waals surface area contributed by atoms with Gasteiger partial charge in [0.25, 0.3) is 0 Å². The molecule has 2 rings (SSSR count). The summed E-state index contributed by atoms with van der Waals surface area (Å²) >= 11 is 7.63. The van der Waals surface area contributed by atoms with Gasteiger partial charge < -0.3 is 11.1 Å². The lowest BCUT2D eigenvalue weighted by atomic mass is 10.0. The first-order valence-electron chi connectivity index (χ1n) is 6.06. The Morgan fingerprint density at radius 2 is 2.26 bits per heavy atom. The number of nitrogens with two attached hydrogens (primary N) is 1. The summed E-state index contributed by atoms with van der Waals surface area (Å²) in [5.41, 5.74) is 8.92. The zero-order valence-electron chi connectivity index (χ0n) is 10.8. The molecule has 1 unspecified atom stereocenters. The van der Waals surface area contributed by atoms with Gasteiger partial charge in [-0.15, -0.1) is 11.3 Å². The van der Waals surface area contributed by atoms with Crippen LogP contribution in [0.3, 0.4) is 0 Å². The maximum Gasteiger partial charge on any atom is 0.226 e. The van der Waals surface area contributed by atoms with E-state index in [1.807, 2.05) is 19.9 Å². The molecule has 0 saturated carbocycles. The van der Waals surface area contributed by atoms with Crippen molar-refractivity contribution in [2.24, 2.45) is 11.7 Å². The van der Waals surface area contributed by atoms with Crippen LogP contribution in [0, 0.1) is 5.92 Å². The van der Waals surface area contributed by atoms with Gasteiger partial charge in [-0.1, -0.05) is 25.4 Å². The van der Waals surface area contributed by atoms with E-state index in [-0.39, 0.29) is 24.3 Å². The number of rotatable bonds is 4. The van der Waals surface area contributed by atoms with Crippen LogP contribution in [0.25, 0.3) is 10.2 Å². The topological polar surface area (TPSA) is 68.0 Å². The van der Waals surface area contributed by atoms with Gasteiger partial charge in [-0.05, 0) is 18.1 Å². The Labute approximate surface area is 121 Å². The summed E-state index contributed by atoms with van der Waals surface area (Å²) in [4.78, 5) is 16.2. The molecule has 1 atom stereocenters. The summed E-state index contributed by atoms with van der Waals surface area (Å²) in [5, 5.41) is 3.31. The van der Waals surface area contributed by atoms with Crippen molar-refractivity contribution in [1.29, 1.82) is 0 Å². The van der Waals surface area contributed by atoms with E-state index in [0.717, 1.165) is 10.2 Å². The van der Waals surface area contributed by atoms with Crippen LogP contribution in [0.2, 0.25) is 5.02 Å². The lowest BCUT2D eigenvalue weighted by molar-refractivity contribution is -0.116. The van der Waals surface area contributed by atoms with Gasteiger partial charge in [0.15, 0.2) is 0 Å². The van der Waals surface area contributed by atoms with Crippen LogP contribution >= 0.6 is 22.9 Å². The number of benzene rings is 1. The molecular weight excluding hydrogens is 282 g/mol. The molecule has 0 fully saturated rings. The number of halogens is 1. The van der Waals surface area contributed by atoms with E-state index in [1.165, 1.54) is 11.3 Å². The zero-order chi connectivity index (χ0) is 14.0. The molecule has 102 valence electrons. The lowest BCUT2D eigenvalue weighted by Crippen LogP contribution is -2.31. The second-order valence-electron chi connectivity index (χ2n) is 4.78. The Hall–Kier alpha value is -1.17. The number of carbonyl (C=O) groups is 1. The molecule has 0 aliphatic heterocycles. The van der Waals surface area contributed by atoms with E-state index in [2.05, 4.69) is 10.3 Å². The van der Waals surface area contributed by atoms with Crippen molar-refractivity contribution >= 4 is 44.7 Å². The number of nitrogens with zero attached hydrogens (tertiary/aromatic N) is 1. The van der Waals surface area contributed by atoms with Crippen molar-refractivity contribution in [3.63, 3.8) is 0 Å². The fourth-order valence-corrected chi connectivity index (χ4v) is 2.55. The molecule has 2 aromatic rings. The first kappa shape index (κ1) is 14.2. The quantitative estimate of drug-likeness (QED) is 0.910. The standard InChI is InChI=1S/C13H16ClN3OS/c1-7(2)9(15)5-11(18)17-12-8(14)3-4-10-13(12)16-6-19-10/h3-4,6-7,9H,5,15H2,1-2H3,(H,17,18). The number of fused-ring (bicyclic) bond motifs is 1. The molecule has 0 aliphatic carbocycles. The number of amides is 1. The average Bonchev–Trinajstić information content (AvgIpc) is 2.81. The maximum absolute atomic E-state index is 12.0. The summed E-state index contributed by atoms with van der Waals surface area (Å²) in [6, 6.07) is 3.50. The van der Waals surface area contributed by atoms with Gasteiger partial charge in [0.1, 0.15) is 5.52 Å². The molecule has 1 aromatic heterocycles. The summed E-state index contributed by atoms with van der Waals surface area (Å²) in [7, 11) is 0. The Bertz CT molecular complexity index is 597. The largest absolute Gasteiger partial charge is 0.327 e. The zero-order valence-corrected chi connectivity index (χ0v) is 12.4. The number of hydrogen-bond acceptors (Lipinski definition) is 4. The summed E-state index contributed by atoms with van der Waals surface area (Å²) in [6.07, 6.45) is 0.272. The molecule has 0 radical (unpaired) electrons.